The summed E-state index contributed by atoms with van der Waals surface area (Å²) in [6.45, 7) is 0.592. The summed E-state index contributed by atoms with van der Waals surface area (Å²) in [5.41, 5.74) is 9.04. The normalized spacial score (nSPS) is 10.9. The van der Waals surface area contributed by atoms with Crippen molar-refractivity contribution in [2.75, 3.05) is 11.1 Å². The molecule has 0 spiro atoms. The minimum atomic E-state index is -0.296. The van der Waals surface area contributed by atoms with Gasteiger partial charge in [-0.05, 0) is 29.8 Å². The van der Waals surface area contributed by atoms with E-state index in [1.807, 2.05) is 12.1 Å². The maximum absolute atomic E-state index is 13.4. The number of nitrogens with zero attached hydrogens (tertiary/aromatic N) is 3. The number of aromatic nitrogens is 3. The van der Waals surface area contributed by atoms with Crippen molar-refractivity contribution >= 4 is 32.5 Å². The largest absolute Gasteiger partial charge is 0.375 e. The van der Waals surface area contributed by atoms with E-state index in [2.05, 4.69) is 26.3 Å². The van der Waals surface area contributed by atoms with E-state index < -0.39 is 0 Å². The predicted molar refractivity (Wildman–Crippen MR) is 98.8 cm³/mol. The lowest BCUT2D eigenvalue weighted by atomic mass is 10.1. The van der Waals surface area contributed by atoms with Gasteiger partial charge < -0.3 is 11.1 Å². The van der Waals surface area contributed by atoms with Crippen LogP contribution >= 0.6 is 11.3 Å². The summed E-state index contributed by atoms with van der Waals surface area (Å²) < 4.78 is 14.4. The molecule has 0 radical (unpaired) electrons. The maximum Gasteiger partial charge on any atom is 0.181 e. The lowest BCUT2D eigenvalue weighted by Crippen LogP contribution is -2.02. The summed E-state index contributed by atoms with van der Waals surface area (Å²) in [6, 6.07) is 12.3. The van der Waals surface area contributed by atoms with Gasteiger partial charge in [0, 0.05) is 12.1 Å². The number of rotatable bonds is 4. The van der Waals surface area contributed by atoms with Gasteiger partial charge in [0.25, 0.3) is 0 Å². The Kier molecular flexibility index (Phi) is 3.99. The fraction of sp³-hybridized carbons (Fsp3) is 0.0556. The Bertz CT molecular complexity index is 1050. The number of thiazole rings is 1. The molecule has 2 heterocycles. The van der Waals surface area contributed by atoms with Gasteiger partial charge in [-0.25, -0.2) is 14.4 Å². The molecule has 0 aliphatic carbocycles. The van der Waals surface area contributed by atoms with Crippen molar-refractivity contribution in [1.29, 1.82) is 0 Å². The van der Waals surface area contributed by atoms with Gasteiger partial charge >= 0.3 is 0 Å². The number of nitrogen functional groups attached to an aromatic ring is 1. The number of nitrogens with one attached hydrogen (secondary N) is 1. The molecule has 4 aromatic rings. The van der Waals surface area contributed by atoms with Crippen molar-refractivity contribution < 1.29 is 4.39 Å². The first-order valence-electron chi connectivity index (χ1n) is 7.64. The van der Waals surface area contributed by atoms with Crippen LogP contribution in [-0.4, -0.2) is 15.0 Å². The Labute approximate surface area is 147 Å². The Hall–Kier alpha value is -3.06. The summed E-state index contributed by atoms with van der Waals surface area (Å²) in [5.74, 6) is 0.334. The van der Waals surface area contributed by atoms with Gasteiger partial charge in [0.1, 0.15) is 11.6 Å². The number of hydrogen-bond donors (Lipinski definition) is 2. The van der Waals surface area contributed by atoms with Crippen LogP contribution in [0.5, 0.6) is 0 Å². The molecule has 3 N–H and O–H groups in total. The smallest absolute Gasteiger partial charge is 0.181 e. The van der Waals surface area contributed by atoms with Crippen molar-refractivity contribution in [2.45, 2.75) is 6.54 Å². The molecule has 25 heavy (non-hydrogen) atoms. The molecule has 0 fully saturated rings. The van der Waals surface area contributed by atoms with Crippen LogP contribution in [0, 0.1) is 5.82 Å². The van der Waals surface area contributed by atoms with E-state index >= 15 is 0 Å². The van der Waals surface area contributed by atoms with Gasteiger partial charge in [0.15, 0.2) is 5.13 Å². The third-order valence-electron chi connectivity index (χ3n) is 3.70. The van der Waals surface area contributed by atoms with Crippen LogP contribution < -0.4 is 11.1 Å². The molecular weight excluding hydrogens is 337 g/mol. The fourth-order valence-electron chi connectivity index (χ4n) is 2.53. The van der Waals surface area contributed by atoms with Crippen LogP contribution in [0.4, 0.5) is 15.3 Å². The molecule has 7 heteroatoms. The summed E-state index contributed by atoms with van der Waals surface area (Å²) >= 11 is 1.46. The molecule has 124 valence electrons. The molecule has 0 unspecified atom stereocenters. The highest BCUT2D eigenvalue weighted by Crippen LogP contribution is 2.25. The predicted octanol–water partition coefficient (Wildman–Crippen LogP) is 4.09. The zero-order valence-electron chi connectivity index (χ0n) is 13.1. The van der Waals surface area contributed by atoms with Gasteiger partial charge in [-0.3, -0.25) is 4.98 Å². The Morgan fingerprint density at radius 2 is 2.00 bits per heavy atom. The molecule has 0 saturated heterocycles. The second-order valence-electron chi connectivity index (χ2n) is 5.51. The van der Waals surface area contributed by atoms with Crippen LogP contribution in [0.1, 0.15) is 5.56 Å². The Morgan fingerprint density at radius 3 is 2.88 bits per heavy atom. The van der Waals surface area contributed by atoms with Crippen molar-refractivity contribution in [3.63, 3.8) is 0 Å². The topological polar surface area (TPSA) is 76.7 Å². The monoisotopic (exact) mass is 351 g/mol. The zero-order valence-corrected chi connectivity index (χ0v) is 13.9. The highest BCUT2D eigenvalue weighted by molar-refractivity contribution is 7.22. The van der Waals surface area contributed by atoms with Gasteiger partial charge in [-0.2, -0.15) is 0 Å². The second-order valence-corrected chi connectivity index (χ2v) is 6.57. The molecule has 2 aromatic carbocycles. The first-order chi connectivity index (χ1) is 12.2. The number of fused-ring (bicyclic) bond motifs is 1. The van der Waals surface area contributed by atoms with E-state index in [4.69, 9.17) is 5.73 Å². The molecule has 0 bridgehead atoms. The number of nitrogens with two attached hydrogens (primary N) is 1. The fourth-order valence-corrected chi connectivity index (χ4v) is 3.33. The van der Waals surface area contributed by atoms with E-state index in [1.54, 1.807) is 24.5 Å². The Balaban J connectivity index is 1.53. The van der Waals surface area contributed by atoms with Crippen LogP contribution in [0.3, 0.4) is 0 Å². The molecule has 0 saturated carbocycles. The van der Waals surface area contributed by atoms with Crippen molar-refractivity contribution in [3.05, 3.63) is 66.2 Å². The highest BCUT2D eigenvalue weighted by atomic mass is 32.1. The quantitative estimate of drug-likeness (QED) is 0.579. The number of anilines is 2. The van der Waals surface area contributed by atoms with Gasteiger partial charge in [0.2, 0.25) is 0 Å². The number of benzene rings is 2. The molecular formula is C18H14FN5S. The van der Waals surface area contributed by atoms with Crippen molar-refractivity contribution in [1.82, 2.24) is 15.0 Å². The molecule has 0 aliphatic heterocycles. The second kappa shape index (κ2) is 6.45. The average Bonchev–Trinajstić information content (AvgIpc) is 2.99. The summed E-state index contributed by atoms with van der Waals surface area (Å²) in [7, 11) is 0. The first-order valence-corrected chi connectivity index (χ1v) is 8.46. The molecule has 0 aliphatic rings. The average molecular weight is 351 g/mol. The minimum absolute atomic E-state index is 0.296. The lowest BCUT2D eigenvalue weighted by molar-refractivity contribution is 0.628. The third kappa shape index (κ3) is 3.41. The minimum Gasteiger partial charge on any atom is -0.375 e. The highest BCUT2D eigenvalue weighted by Gasteiger charge is 2.05. The van der Waals surface area contributed by atoms with Gasteiger partial charge in [0.05, 0.1) is 28.3 Å². The van der Waals surface area contributed by atoms with E-state index in [1.165, 1.54) is 23.5 Å². The van der Waals surface area contributed by atoms with Crippen LogP contribution in [-0.2, 0) is 6.54 Å². The van der Waals surface area contributed by atoms with E-state index in [0.717, 1.165) is 15.8 Å². The summed E-state index contributed by atoms with van der Waals surface area (Å²) in [4.78, 5) is 12.9. The maximum atomic E-state index is 13.4. The third-order valence-corrected chi connectivity index (χ3v) is 4.55. The lowest BCUT2D eigenvalue weighted by Gasteiger charge is -2.07. The van der Waals surface area contributed by atoms with Crippen molar-refractivity contribution in [2.24, 2.45) is 0 Å². The van der Waals surface area contributed by atoms with Gasteiger partial charge in [-0.15, -0.1) is 0 Å². The first kappa shape index (κ1) is 15.5. The van der Waals surface area contributed by atoms with Crippen LogP contribution in [0.2, 0.25) is 0 Å². The van der Waals surface area contributed by atoms with Crippen LogP contribution in [0.15, 0.2) is 54.9 Å². The van der Waals surface area contributed by atoms with E-state index in [0.29, 0.717) is 28.8 Å². The van der Waals surface area contributed by atoms with Crippen molar-refractivity contribution in [3.8, 4) is 11.3 Å². The molecule has 0 amide bonds. The number of hydrogen-bond acceptors (Lipinski definition) is 6. The molecule has 2 aromatic heterocycles. The molecule has 0 atom stereocenters. The SMILES string of the molecule is Nc1nc2ccc(CNc3cncc(-c4cccc(F)c4)n3)cc2s1. The van der Waals surface area contributed by atoms with Crippen LogP contribution in [0.25, 0.3) is 21.5 Å². The standard InChI is InChI=1S/C18H14FN5S/c19-13-3-1-2-12(7-13)15-9-21-10-17(23-15)22-8-11-4-5-14-16(6-11)25-18(20)24-14/h1-7,9-10H,8H2,(H2,20,24)(H,22,23). The summed E-state index contributed by atoms with van der Waals surface area (Å²) in [6.07, 6.45) is 3.26. The van der Waals surface area contributed by atoms with E-state index in [9.17, 15) is 4.39 Å². The molecule has 5 nitrogen and oxygen atoms in total. The Morgan fingerprint density at radius 1 is 1.08 bits per heavy atom. The molecule has 4 rings (SSSR count). The van der Waals surface area contributed by atoms with Gasteiger partial charge in [-0.1, -0.05) is 29.5 Å². The number of halogens is 1. The van der Waals surface area contributed by atoms with E-state index in [-0.39, 0.29) is 5.82 Å². The zero-order chi connectivity index (χ0) is 17.2. The summed E-state index contributed by atoms with van der Waals surface area (Å²) in [5, 5.41) is 3.81.